The maximum Gasteiger partial charge on any atom is 0.230 e. The fourth-order valence-corrected chi connectivity index (χ4v) is 3.06. The first-order chi connectivity index (χ1) is 12.5. The standard InChI is InChI=1S/C18H20Cl2N4O2/c1-12-3-5-14(17(22-25)24-9-7-23(2)8-10-24)18(21-12)26-16-11-13(19)4-6-15(16)20/h3-6,11,25H,7-10H2,1-2H3/b22-17-. The molecule has 1 aliphatic rings. The van der Waals surface area contributed by atoms with E-state index in [-0.39, 0.29) is 0 Å². The minimum Gasteiger partial charge on any atom is -0.437 e. The molecule has 1 saturated heterocycles. The highest BCUT2D eigenvalue weighted by Gasteiger charge is 2.23. The van der Waals surface area contributed by atoms with Crippen molar-refractivity contribution < 1.29 is 9.94 Å². The second-order valence-corrected chi connectivity index (χ2v) is 7.04. The normalized spacial score (nSPS) is 16.0. The Hall–Kier alpha value is -2.02. The van der Waals surface area contributed by atoms with Crippen LogP contribution in [0.15, 0.2) is 35.5 Å². The van der Waals surface area contributed by atoms with Gasteiger partial charge in [-0.3, -0.25) is 0 Å². The van der Waals surface area contributed by atoms with Crippen molar-refractivity contribution in [2.45, 2.75) is 6.92 Å². The fraction of sp³-hybridized carbons (Fsp3) is 0.333. The van der Waals surface area contributed by atoms with E-state index in [0.29, 0.717) is 33.1 Å². The van der Waals surface area contributed by atoms with Gasteiger partial charge in [0.2, 0.25) is 5.88 Å². The molecule has 3 rings (SSSR count). The Morgan fingerprint density at radius 2 is 1.88 bits per heavy atom. The predicted octanol–water partition coefficient (Wildman–Crippen LogP) is 3.87. The Morgan fingerprint density at radius 3 is 2.58 bits per heavy atom. The Bertz CT molecular complexity index is 821. The Labute approximate surface area is 162 Å². The lowest BCUT2D eigenvalue weighted by Gasteiger charge is -2.34. The van der Waals surface area contributed by atoms with Crippen LogP contribution < -0.4 is 4.74 Å². The molecule has 8 heteroatoms. The highest BCUT2D eigenvalue weighted by molar-refractivity contribution is 6.34. The minimum absolute atomic E-state index is 0.320. The first-order valence-electron chi connectivity index (χ1n) is 8.24. The number of piperazine rings is 1. The summed E-state index contributed by atoms with van der Waals surface area (Å²) in [5.41, 5.74) is 1.37. The average Bonchev–Trinajstić information content (AvgIpc) is 2.62. The van der Waals surface area contributed by atoms with Gasteiger partial charge in [0.05, 0.1) is 10.6 Å². The number of benzene rings is 1. The zero-order chi connectivity index (χ0) is 18.7. The van der Waals surface area contributed by atoms with E-state index in [1.165, 1.54) is 0 Å². The van der Waals surface area contributed by atoms with Crippen LogP contribution in [0.1, 0.15) is 11.3 Å². The molecule has 0 aliphatic carbocycles. The number of ether oxygens (including phenoxy) is 1. The van der Waals surface area contributed by atoms with Crippen molar-refractivity contribution in [1.29, 1.82) is 0 Å². The lowest BCUT2D eigenvalue weighted by Crippen LogP contribution is -2.47. The summed E-state index contributed by atoms with van der Waals surface area (Å²) in [6.07, 6.45) is 0. The summed E-state index contributed by atoms with van der Waals surface area (Å²) in [4.78, 5) is 8.70. The topological polar surface area (TPSA) is 61.2 Å². The van der Waals surface area contributed by atoms with Crippen LogP contribution in [0.3, 0.4) is 0 Å². The fourth-order valence-electron chi connectivity index (χ4n) is 2.75. The highest BCUT2D eigenvalue weighted by Crippen LogP contribution is 2.33. The van der Waals surface area contributed by atoms with Crippen LogP contribution in [0.4, 0.5) is 0 Å². The molecule has 1 aromatic carbocycles. The number of nitrogens with zero attached hydrogens (tertiary/aromatic N) is 4. The zero-order valence-electron chi connectivity index (χ0n) is 14.6. The number of aryl methyl sites for hydroxylation is 1. The highest BCUT2D eigenvalue weighted by atomic mass is 35.5. The molecule has 0 unspecified atom stereocenters. The number of aromatic nitrogens is 1. The molecule has 0 saturated carbocycles. The van der Waals surface area contributed by atoms with Crippen LogP contribution in [-0.2, 0) is 0 Å². The largest absolute Gasteiger partial charge is 0.437 e. The molecule has 0 spiro atoms. The molecule has 0 atom stereocenters. The van der Waals surface area contributed by atoms with Crippen LogP contribution in [-0.4, -0.2) is 59.1 Å². The number of oxime groups is 1. The number of likely N-dealkylation sites (N-methyl/N-ethyl adjacent to an activating group) is 1. The monoisotopic (exact) mass is 394 g/mol. The van der Waals surface area contributed by atoms with E-state index in [4.69, 9.17) is 27.9 Å². The van der Waals surface area contributed by atoms with Crippen molar-refractivity contribution in [2.24, 2.45) is 5.16 Å². The van der Waals surface area contributed by atoms with Gasteiger partial charge in [0.25, 0.3) is 0 Å². The Morgan fingerprint density at radius 1 is 1.15 bits per heavy atom. The summed E-state index contributed by atoms with van der Waals surface area (Å²) >= 11 is 12.3. The number of amidine groups is 1. The van der Waals surface area contributed by atoms with E-state index in [1.54, 1.807) is 18.2 Å². The van der Waals surface area contributed by atoms with Crippen molar-refractivity contribution in [1.82, 2.24) is 14.8 Å². The van der Waals surface area contributed by atoms with Gasteiger partial charge in [-0.05, 0) is 38.2 Å². The van der Waals surface area contributed by atoms with E-state index in [2.05, 4.69) is 22.1 Å². The van der Waals surface area contributed by atoms with Gasteiger partial charge in [-0.1, -0.05) is 28.4 Å². The van der Waals surface area contributed by atoms with Gasteiger partial charge >= 0.3 is 0 Å². The molecule has 2 heterocycles. The van der Waals surface area contributed by atoms with Crippen molar-refractivity contribution in [3.05, 3.63) is 51.6 Å². The lowest BCUT2D eigenvalue weighted by atomic mass is 10.2. The molecule has 26 heavy (non-hydrogen) atoms. The van der Waals surface area contributed by atoms with Crippen LogP contribution in [0.5, 0.6) is 11.6 Å². The number of halogens is 2. The average molecular weight is 395 g/mol. The first kappa shape index (κ1) is 18.8. The van der Waals surface area contributed by atoms with Crippen LogP contribution >= 0.6 is 23.2 Å². The maximum atomic E-state index is 9.66. The summed E-state index contributed by atoms with van der Waals surface area (Å²) < 4.78 is 5.94. The van der Waals surface area contributed by atoms with E-state index < -0.39 is 0 Å². The SMILES string of the molecule is Cc1ccc(/C(=N/O)N2CCN(C)CC2)c(Oc2cc(Cl)ccc2Cl)n1. The third-order valence-corrected chi connectivity index (χ3v) is 4.79. The van der Waals surface area contributed by atoms with E-state index in [0.717, 1.165) is 31.9 Å². The molecular formula is C18H20Cl2N4O2. The number of pyridine rings is 1. The third-order valence-electron chi connectivity index (χ3n) is 4.24. The van der Waals surface area contributed by atoms with Gasteiger partial charge in [-0.15, -0.1) is 0 Å². The van der Waals surface area contributed by atoms with Gasteiger partial charge in [0, 0.05) is 43.0 Å². The smallest absolute Gasteiger partial charge is 0.230 e. The quantitative estimate of drug-likeness (QED) is 0.370. The van der Waals surface area contributed by atoms with Crippen molar-refractivity contribution in [3.8, 4) is 11.6 Å². The van der Waals surface area contributed by atoms with Crippen LogP contribution in [0.2, 0.25) is 10.0 Å². The molecular weight excluding hydrogens is 375 g/mol. The molecule has 0 bridgehead atoms. The molecule has 1 fully saturated rings. The molecule has 0 radical (unpaired) electrons. The second kappa shape index (κ2) is 8.12. The van der Waals surface area contributed by atoms with Crippen molar-refractivity contribution in [2.75, 3.05) is 33.2 Å². The molecule has 0 amide bonds. The summed E-state index contributed by atoms with van der Waals surface area (Å²) in [6, 6.07) is 8.66. The van der Waals surface area contributed by atoms with Gasteiger partial charge in [-0.2, -0.15) is 0 Å². The van der Waals surface area contributed by atoms with Crippen LogP contribution in [0.25, 0.3) is 0 Å². The maximum absolute atomic E-state index is 9.66. The van der Waals surface area contributed by atoms with Gasteiger partial charge < -0.3 is 19.7 Å². The molecule has 6 nitrogen and oxygen atoms in total. The van der Waals surface area contributed by atoms with Gasteiger partial charge in [0.15, 0.2) is 5.84 Å². The summed E-state index contributed by atoms with van der Waals surface area (Å²) in [5.74, 6) is 1.15. The van der Waals surface area contributed by atoms with Crippen molar-refractivity contribution >= 4 is 29.0 Å². The third kappa shape index (κ3) is 4.20. The molecule has 1 aliphatic heterocycles. The number of hydrogen-bond donors (Lipinski definition) is 1. The molecule has 1 aromatic heterocycles. The molecule has 138 valence electrons. The van der Waals surface area contributed by atoms with E-state index in [9.17, 15) is 5.21 Å². The van der Waals surface area contributed by atoms with Crippen LogP contribution in [0, 0.1) is 6.92 Å². The van der Waals surface area contributed by atoms with E-state index in [1.807, 2.05) is 24.0 Å². The molecule has 1 N–H and O–H groups in total. The van der Waals surface area contributed by atoms with Crippen molar-refractivity contribution in [3.63, 3.8) is 0 Å². The summed E-state index contributed by atoms with van der Waals surface area (Å²) in [5, 5.41) is 14.1. The first-order valence-corrected chi connectivity index (χ1v) is 9.00. The number of hydrogen-bond acceptors (Lipinski definition) is 5. The summed E-state index contributed by atoms with van der Waals surface area (Å²) in [7, 11) is 2.07. The lowest BCUT2D eigenvalue weighted by molar-refractivity contribution is 0.207. The molecule has 2 aromatic rings. The van der Waals surface area contributed by atoms with Gasteiger partial charge in [0.1, 0.15) is 5.75 Å². The number of rotatable bonds is 3. The zero-order valence-corrected chi connectivity index (χ0v) is 16.1. The van der Waals surface area contributed by atoms with Gasteiger partial charge in [-0.25, -0.2) is 4.98 Å². The second-order valence-electron chi connectivity index (χ2n) is 6.20. The summed E-state index contributed by atoms with van der Waals surface area (Å²) in [6.45, 7) is 5.13. The van der Waals surface area contributed by atoms with E-state index >= 15 is 0 Å². The Balaban J connectivity index is 1.96. The minimum atomic E-state index is 0.320. The Kier molecular flexibility index (Phi) is 5.86. The predicted molar refractivity (Wildman–Crippen MR) is 103 cm³/mol.